The minimum absolute atomic E-state index is 0. The van der Waals surface area contributed by atoms with Gasteiger partial charge in [0.15, 0.2) is 11.6 Å². The van der Waals surface area contributed by atoms with Crippen LogP contribution >= 0.6 is 12.4 Å². The van der Waals surface area contributed by atoms with E-state index in [1.54, 1.807) is 65.8 Å². The van der Waals surface area contributed by atoms with Gasteiger partial charge in [-0.25, -0.2) is 43.1 Å². The van der Waals surface area contributed by atoms with Crippen LogP contribution in [0, 0.1) is 42.7 Å². The molecule has 6 aromatic rings. The van der Waals surface area contributed by atoms with Crippen LogP contribution in [0.5, 0.6) is 0 Å². The Balaban J connectivity index is 0.000000250. The van der Waals surface area contributed by atoms with E-state index in [1.807, 2.05) is 54.6 Å². The first-order valence-corrected chi connectivity index (χ1v) is 27.3. The molecule has 4 aromatic carbocycles. The Morgan fingerprint density at radius 1 is 0.619 bits per heavy atom. The molecule has 84 heavy (non-hydrogen) atoms. The number of carboxylic acids is 1. The van der Waals surface area contributed by atoms with Crippen LogP contribution in [0.1, 0.15) is 147 Å². The Hall–Kier alpha value is -7.17. The van der Waals surface area contributed by atoms with Crippen molar-refractivity contribution in [3.05, 3.63) is 178 Å². The molecule has 2 fully saturated rings. The third kappa shape index (κ3) is 19.4. The number of anilines is 4. The summed E-state index contributed by atoms with van der Waals surface area (Å²) in [7, 11) is 3.75. The molecule has 4 aliphatic rings. The number of allylic oxidation sites excluding steroid dienone is 2. The molecule has 22 heteroatoms. The van der Waals surface area contributed by atoms with E-state index in [0.717, 1.165) is 85.6 Å². The third-order valence-electron chi connectivity index (χ3n) is 13.6. The summed E-state index contributed by atoms with van der Waals surface area (Å²) in [6, 6.07) is 29.1. The zero-order chi connectivity index (χ0) is 59.8. The number of nitrogens with zero attached hydrogens (tertiary/aromatic N) is 4. The molecule has 17 nitrogen and oxygen atoms in total. The molecule has 440 valence electrons. The van der Waals surface area contributed by atoms with Crippen molar-refractivity contribution in [2.45, 2.75) is 141 Å². The minimum Gasteiger partial charge on any atom is -0.478 e. The molecule has 0 bridgehead atoms. The van der Waals surface area contributed by atoms with Gasteiger partial charge in [-0.2, -0.15) is 0 Å². The maximum atomic E-state index is 14.7. The van der Waals surface area contributed by atoms with E-state index in [0.29, 0.717) is 46.6 Å². The fraction of sp³-hybridized carbons (Fsp3) is 0.355. The van der Waals surface area contributed by atoms with Crippen molar-refractivity contribution in [2.24, 2.45) is 5.73 Å². The van der Waals surface area contributed by atoms with Gasteiger partial charge >= 0.3 is 18.2 Å². The summed E-state index contributed by atoms with van der Waals surface area (Å²) in [6.07, 6.45) is 14.5. The molecule has 2 radical (unpaired) electrons. The summed E-state index contributed by atoms with van der Waals surface area (Å²) in [4.78, 5) is 64.2. The van der Waals surface area contributed by atoms with Gasteiger partial charge in [0.2, 0.25) is 11.9 Å². The number of halogens is 3. The van der Waals surface area contributed by atoms with E-state index in [-0.39, 0.29) is 85.0 Å². The Bertz CT molecular complexity index is 3320. The van der Waals surface area contributed by atoms with Crippen molar-refractivity contribution >= 4 is 79.3 Å². The van der Waals surface area contributed by atoms with Crippen LogP contribution in [-0.2, 0) is 22.3 Å². The van der Waals surface area contributed by atoms with Crippen LogP contribution in [0.4, 0.5) is 41.6 Å². The maximum absolute atomic E-state index is 14.7. The number of carbonyl (C=O) groups is 4. The zero-order valence-electron chi connectivity index (χ0n) is 48.9. The van der Waals surface area contributed by atoms with Crippen LogP contribution in [0.15, 0.2) is 122 Å². The molecule has 4 atom stereocenters. The number of aromatic carboxylic acids is 1. The van der Waals surface area contributed by atoms with E-state index in [4.69, 9.17) is 21.6 Å². The second-order valence-corrected chi connectivity index (χ2v) is 22.4. The molecule has 4 aliphatic carbocycles. The van der Waals surface area contributed by atoms with Gasteiger partial charge in [-0.05, 0) is 178 Å². The smallest absolute Gasteiger partial charge is 0.412 e. The topological polar surface area (TPSA) is 245 Å². The van der Waals surface area contributed by atoms with Gasteiger partial charge in [0.1, 0.15) is 22.6 Å². The first-order chi connectivity index (χ1) is 39.6. The number of nitrogens with two attached hydrogens (primary N) is 1. The SMILES string of the molecule is CC(C)(C)OC(=O)Nc1ccc(C(=O)N[C@H]2CCC[C@@H](Nc3ncc(F)c(C4=CCc5ccccc54)n3)C2)cc1.CC(C)(C)OC(=O)Nc1ccc(C(=O)O)cc1.Cl.N[C@H]1CCC[C@@H](Nc2ncc(F)c(C3=CCc4ccccc43)n2)C1.[3H][B].[U]. The van der Waals surface area contributed by atoms with Gasteiger partial charge in [0.25, 0.3) is 5.91 Å². The van der Waals surface area contributed by atoms with E-state index >= 15 is 0 Å². The van der Waals surface area contributed by atoms with Gasteiger partial charge in [-0.15, -0.1) is 12.4 Å². The molecular weight excluding hydrogens is 1320 g/mol. The number of aromatic nitrogens is 4. The molecule has 0 aliphatic heterocycles. The normalized spacial score (nSPS) is 17.5. The van der Waals surface area contributed by atoms with Crippen molar-refractivity contribution in [1.29, 1.82) is 1.34 Å². The number of rotatable bonds is 11. The van der Waals surface area contributed by atoms with Crippen molar-refractivity contribution in [1.82, 2.24) is 25.3 Å². The van der Waals surface area contributed by atoms with Gasteiger partial charge in [-0.1, -0.05) is 60.7 Å². The fourth-order valence-electron chi connectivity index (χ4n) is 9.95. The largest absolute Gasteiger partial charge is 0.478 e. The summed E-state index contributed by atoms with van der Waals surface area (Å²) in [5.74, 6) is -1.16. The molecule has 10 rings (SSSR count). The summed E-state index contributed by atoms with van der Waals surface area (Å²) in [5.41, 5.74) is 13.3. The first-order valence-electron chi connectivity index (χ1n) is 27.9. The average Bonchev–Trinajstić information content (AvgIpc) is 2.53. The van der Waals surface area contributed by atoms with E-state index in [2.05, 4.69) is 61.0 Å². The fourth-order valence-corrected chi connectivity index (χ4v) is 9.95. The zero-order valence-corrected chi connectivity index (χ0v) is 52.9. The quantitative estimate of drug-likeness (QED) is 0.0597. The number of fused-ring (bicyclic) bond motifs is 2. The van der Waals surface area contributed by atoms with Crippen molar-refractivity contribution < 1.29 is 73.7 Å². The summed E-state index contributed by atoms with van der Waals surface area (Å²) >= 11 is 0. The monoisotopic (exact) mass is 1390 g/mol. The number of carboxylic acid groups (broad SMARTS) is 1. The van der Waals surface area contributed by atoms with E-state index in [1.165, 1.54) is 42.2 Å². The minimum atomic E-state index is -1.01. The summed E-state index contributed by atoms with van der Waals surface area (Å²) in [5, 5.41) is 23.7. The predicted molar refractivity (Wildman–Crippen MR) is 323 cm³/mol. The van der Waals surface area contributed by atoms with Crippen molar-refractivity contribution in [3.8, 4) is 0 Å². The van der Waals surface area contributed by atoms with Crippen LogP contribution in [-0.4, -0.2) is 94.2 Å². The molecule has 2 aromatic heterocycles. The van der Waals surface area contributed by atoms with Crippen LogP contribution in [0.25, 0.3) is 11.1 Å². The second kappa shape index (κ2) is 30.6. The van der Waals surface area contributed by atoms with Crippen LogP contribution in [0.3, 0.4) is 0 Å². The molecule has 2 heterocycles. The van der Waals surface area contributed by atoms with Gasteiger partial charge in [0, 0.05) is 91.7 Å². The number of benzene rings is 4. The summed E-state index contributed by atoms with van der Waals surface area (Å²) in [6.45, 7) is 10.7. The Morgan fingerprint density at radius 3 is 1.48 bits per heavy atom. The molecule has 2 saturated carbocycles. The predicted octanol–water partition coefficient (Wildman–Crippen LogP) is 11.9. The Kier molecular flexibility index (Phi) is 24.0. The molecule has 3 amide bonds. The number of amides is 3. The van der Waals surface area contributed by atoms with Crippen molar-refractivity contribution in [2.75, 3.05) is 21.3 Å². The van der Waals surface area contributed by atoms with Gasteiger partial charge in [-0.3, -0.25) is 15.4 Å². The third-order valence-corrected chi connectivity index (χ3v) is 13.6. The molecular formula is C62H72BClF2N10O7U. The second-order valence-electron chi connectivity index (χ2n) is 22.4. The Labute approximate surface area is 522 Å². The number of carbonyl (C=O) groups excluding carboxylic acids is 3. The molecule has 0 unspecified atom stereocenters. The van der Waals surface area contributed by atoms with E-state index in [9.17, 15) is 28.0 Å². The maximum Gasteiger partial charge on any atom is 0.412 e. The number of nitrogens with one attached hydrogen (secondary N) is 5. The number of hydrogen-bond donors (Lipinski definition) is 7. The standard InChI is InChI=1S/C31H34FN5O3.C19H21FN4.C12H15NO4.BH.ClH.U/c1-31(2,3)40-30(39)36-21-14-11-20(12-15-21)28(38)34-22-8-6-9-23(17-22)35-29-33-18-26(32)27(37-29)25-16-13-19-7-4-5-10-24(19)25;20-17-11-22-19(23-14-6-3-5-13(21)10-14)24-18(17)16-9-8-12-4-1-2-7-15(12)16;1-12(2,3)17-11(16)13-9-6-4-8(5-7-9)10(14)15;;;/h4-5,7,10-12,14-16,18,22-23H,6,8-9,13,17H2,1-3H3,(H,34,38)(H,36,39)(H,33,35,37);1-2,4,7,9,11,13-14H,3,5-6,8,10,21H2,(H,22,23,24);4-7H,1-3H3,(H,13,16)(H,14,15);2*1H;/t22-,23+;13-,14+;;;;/m00..../s1/i;;;1T;;. The average molecular weight is 1390 g/mol. The first kappa shape index (κ1) is 66.0. The van der Waals surface area contributed by atoms with Crippen LogP contribution < -0.4 is 32.3 Å². The molecule has 8 N–H and O–H groups in total. The van der Waals surface area contributed by atoms with Gasteiger partial charge < -0.3 is 36.3 Å². The van der Waals surface area contributed by atoms with Crippen molar-refractivity contribution in [3.63, 3.8) is 0 Å². The molecule has 0 saturated heterocycles. The summed E-state index contributed by atoms with van der Waals surface area (Å²) < 4.78 is 44.6. The number of ether oxygens (including phenoxy) is 2. The Morgan fingerprint density at radius 2 is 1.04 bits per heavy atom. The van der Waals surface area contributed by atoms with Gasteiger partial charge in [0.05, 0.1) is 18.0 Å². The van der Waals surface area contributed by atoms with Crippen LogP contribution in [0.2, 0.25) is 0 Å². The molecule has 0 spiro atoms. The number of hydrogen-bond acceptors (Lipinski definition) is 13. The van der Waals surface area contributed by atoms with E-state index < -0.39 is 35.2 Å².